The van der Waals surface area contributed by atoms with Crippen LogP contribution in [0.5, 0.6) is 0 Å². The van der Waals surface area contributed by atoms with E-state index in [9.17, 15) is 0 Å². The van der Waals surface area contributed by atoms with Gasteiger partial charge in [-0.2, -0.15) is 0 Å². The van der Waals surface area contributed by atoms with Crippen LogP contribution in [0.3, 0.4) is 0 Å². The molecule has 20 heavy (non-hydrogen) atoms. The first-order chi connectivity index (χ1) is 9.49. The van der Waals surface area contributed by atoms with Gasteiger partial charge in [0.2, 0.25) is 0 Å². The smallest absolute Gasteiger partial charge is 0.0775 e. The van der Waals surface area contributed by atoms with Gasteiger partial charge in [-0.15, -0.1) is 11.8 Å². The Morgan fingerprint density at radius 1 is 0.900 bits per heavy atom. The molecule has 1 N–H and O–H groups in total. The highest BCUT2D eigenvalue weighted by atomic mass is 32.2. The summed E-state index contributed by atoms with van der Waals surface area (Å²) in [5, 5.41) is 4.99. The van der Waals surface area contributed by atoms with E-state index in [1.807, 2.05) is 0 Å². The average molecular weight is 302 g/mol. The van der Waals surface area contributed by atoms with Gasteiger partial charge in [-0.25, -0.2) is 0 Å². The van der Waals surface area contributed by atoms with E-state index < -0.39 is 8.07 Å². The normalized spacial score (nSPS) is 11.4. The molecule has 0 aromatic heterocycles. The third kappa shape index (κ3) is 4.15. The van der Waals surface area contributed by atoms with Gasteiger partial charge in [-0.1, -0.05) is 49.1 Å². The van der Waals surface area contributed by atoms with Gasteiger partial charge >= 0.3 is 0 Å². The number of rotatable bonds is 5. The monoisotopic (exact) mass is 301 g/mol. The maximum Gasteiger partial charge on any atom is 0.0775 e. The average Bonchev–Trinajstić information content (AvgIpc) is 2.45. The predicted molar refractivity (Wildman–Crippen MR) is 95.0 cm³/mol. The third-order valence-electron chi connectivity index (χ3n) is 3.41. The van der Waals surface area contributed by atoms with E-state index >= 15 is 0 Å². The van der Waals surface area contributed by atoms with Crippen LogP contribution >= 0.6 is 11.8 Å². The first kappa shape index (κ1) is 15.2. The Balaban J connectivity index is 1.96. The summed E-state index contributed by atoms with van der Waals surface area (Å²) in [7, 11) is -1.18. The van der Waals surface area contributed by atoms with Crippen molar-refractivity contribution >= 4 is 30.7 Å². The first-order valence-electron chi connectivity index (χ1n) is 6.96. The highest BCUT2D eigenvalue weighted by Gasteiger charge is 2.15. The number of hydrogen-bond donors (Lipinski definition) is 1. The number of benzene rings is 2. The molecule has 0 saturated heterocycles. The topological polar surface area (TPSA) is 12.0 Å². The Morgan fingerprint density at radius 3 is 2.00 bits per heavy atom. The summed E-state index contributed by atoms with van der Waals surface area (Å²) in [5.74, 6) is 0. The predicted octanol–water partition coefficient (Wildman–Crippen LogP) is 4.57. The maximum atomic E-state index is 3.47. The maximum absolute atomic E-state index is 3.47. The number of hydrogen-bond acceptors (Lipinski definition) is 2. The van der Waals surface area contributed by atoms with Gasteiger partial charge in [-0.05, 0) is 36.1 Å². The fourth-order valence-corrected chi connectivity index (χ4v) is 3.61. The number of thioether (sulfide) groups is 1. The standard InChI is InChI=1S/C17H23NSSi/c1-19-16-9-7-15(8-10-16)18-13-14-5-11-17(12-6-14)20(2,3)4/h5-12,18H,13H2,1-4H3. The summed E-state index contributed by atoms with van der Waals surface area (Å²) in [6.07, 6.45) is 2.10. The summed E-state index contributed by atoms with van der Waals surface area (Å²) in [4.78, 5) is 1.30. The lowest BCUT2D eigenvalue weighted by molar-refractivity contribution is 1.15. The molecule has 0 fully saturated rings. The second-order valence-corrected chi connectivity index (χ2v) is 12.0. The Hall–Kier alpha value is -1.19. The zero-order valence-corrected chi connectivity index (χ0v) is 14.6. The van der Waals surface area contributed by atoms with Crippen molar-refractivity contribution in [3.8, 4) is 0 Å². The molecule has 0 atom stereocenters. The van der Waals surface area contributed by atoms with Crippen molar-refractivity contribution in [2.75, 3.05) is 11.6 Å². The molecule has 0 spiro atoms. The Morgan fingerprint density at radius 2 is 1.50 bits per heavy atom. The molecule has 106 valence electrons. The lowest BCUT2D eigenvalue weighted by Crippen LogP contribution is -2.37. The van der Waals surface area contributed by atoms with Crippen molar-refractivity contribution in [2.45, 2.75) is 31.1 Å². The molecule has 0 unspecified atom stereocenters. The highest BCUT2D eigenvalue weighted by Crippen LogP contribution is 2.18. The van der Waals surface area contributed by atoms with Crippen LogP contribution < -0.4 is 10.5 Å². The summed E-state index contributed by atoms with van der Waals surface area (Å²) in [5.41, 5.74) is 2.51. The van der Waals surface area contributed by atoms with Crippen molar-refractivity contribution in [3.63, 3.8) is 0 Å². The molecule has 0 radical (unpaired) electrons. The number of nitrogens with one attached hydrogen (secondary N) is 1. The minimum atomic E-state index is -1.18. The summed E-state index contributed by atoms with van der Waals surface area (Å²) < 4.78 is 0. The minimum absolute atomic E-state index is 0.880. The molecule has 2 aromatic carbocycles. The van der Waals surface area contributed by atoms with E-state index in [0.717, 1.165) is 6.54 Å². The van der Waals surface area contributed by atoms with E-state index in [4.69, 9.17) is 0 Å². The molecule has 0 saturated carbocycles. The lowest BCUT2D eigenvalue weighted by Gasteiger charge is -2.17. The second-order valence-electron chi connectivity index (χ2n) is 6.03. The highest BCUT2D eigenvalue weighted by molar-refractivity contribution is 7.98. The van der Waals surface area contributed by atoms with Crippen molar-refractivity contribution in [1.82, 2.24) is 0 Å². The van der Waals surface area contributed by atoms with Crippen molar-refractivity contribution in [1.29, 1.82) is 0 Å². The van der Waals surface area contributed by atoms with E-state index in [2.05, 4.69) is 79.7 Å². The fourth-order valence-electron chi connectivity index (χ4n) is 2.04. The van der Waals surface area contributed by atoms with Crippen molar-refractivity contribution in [3.05, 3.63) is 54.1 Å². The molecule has 3 heteroatoms. The van der Waals surface area contributed by atoms with Gasteiger partial charge in [0, 0.05) is 17.1 Å². The van der Waals surface area contributed by atoms with Crippen LogP contribution in [0.4, 0.5) is 5.69 Å². The third-order valence-corrected chi connectivity index (χ3v) is 6.22. The molecular formula is C17H23NSSi. The lowest BCUT2D eigenvalue weighted by atomic mass is 10.2. The summed E-state index contributed by atoms with van der Waals surface area (Å²) in [6, 6.07) is 17.7. The van der Waals surface area contributed by atoms with Gasteiger partial charge in [0.05, 0.1) is 8.07 Å². The Bertz CT molecular complexity index is 541. The molecule has 0 amide bonds. The Labute approximate surface area is 127 Å². The van der Waals surface area contributed by atoms with E-state index in [1.165, 1.54) is 21.3 Å². The molecule has 0 aliphatic rings. The summed E-state index contributed by atoms with van der Waals surface area (Å²) in [6.45, 7) is 8.03. The van der Waals surface area contributed by atoms with Crippen LogP contribution in [0.2, 0.25) is 19.6 Å². The Kier molecular flexibility index (Phi) is 4.94. The van der Waals surface area contributed by atoms with E-state index in [0.29, 0.717) is 0 Å². The zero-order valence-electron chi connectivity index (χ0n) is 12.7. The van der Waals surface area contributed by atoms with Crippen LogP contribution in [-0.4, -0.2) is 14.3 Å². The van der Waals surface area contributed by atoms with Gasteiger partial charge < -0.3 is 5.32 Å². The minimum Gasteiger partial charge on any atom is -0.381 e. The summed E-state index contributed by atoms with van der Waals surface area (Å²) >= 11 is 1.77. The number of anilines is 1. The van der Waals surface area contributed by atoms with Crippen LogP contribution in [0, 0.1) is 0 Å². The van der Waals surface area contributed by atoms with Crippen molar-refractivity contribution in [2.24, 2.45) is 0 Å². The van der Waals surface area contributed by atoms with Crippen LogP contribution in [0.1, 0.15) is 5.56 Å². The molecule has 0 aliphatic heterocycles. The van der Waals surface area contributed by atoms with Crippen LogP contribution in [0.25, 0.3) is 0 Å². The van der Waals surface area contributed by atoms with Gasteiger partial charge in [0.15, 0.2) is 0 Å². The first-order valence-corrected chi connectivity index (χ1v) is 11.7. The molecular weight excluding hydrogens is 278 g/mol. The van der Waals surface area contributed by atoms with Crippen LogP contribution in [-0.2, 0) is 6.54 Å². The SMILES string of the molecule is CSc1ccc(NCc2ccc([Si](C)(C)C)cc2)cc1. The fraction of sp³-hybridized carbons (Fsp3) is 0.294. The van der Waals surface area contributed by atoms with Crippen molar-refractivity contribution < 1.29 is 0 Å². The molecule has 1 nitrogen and oxygen atoms in total. The molecule has 0 aliphatic carbocycles. The van der Waals surface area contributed by atoms with Gasteiger partial charge in [0.1, 0.15) is 0 Å². The van der Waals surface area contributed by atoms with E-state index in [-0.39, 0.29) is 0 Å². The quantitative estimate of drug-likeness (QED) is 0.641. The molecule has 2 rings (SSSR count). The molecule has 0 bridgehead atoms. The van der Waals surface area contributed by atoms with E-state index in [1.54, 1.807) is 11.8 Å². The van der Waals surface area contributed by atoms with Crippen LogP contribution in [0.15, 0.2) is 53.4 Å². The zero-order chi connectivity index (χ0) is 14.6. The van der Waals surface area contributed by atoms with Gasteiger partial charge in [0.25, 0.3) is 0 Å². The molecule has 2 aromatic rings. The van der Waals surface area contributed by atoms with Gasteiger partial charge in [-0.3, -0.25) is 0 Å². The molecule has 0 heterocycles. The second kappa shape index (κ2) is 6.51. The largest absolute Gasteiger partial charge is 0.381 e.